The van der Waals surface area contributed by atoms with Crippen LogP contribution in [0.1, 0.15) is 39.3 Å². The second kappa shape index (κ2) is 11.2. The summed E-state index contributed by atoms with van der Waals surface area (Å²) < 4.78 is 5.37. The van der Waals surface area contributed by atoms with Gasteiger partial charge in [0.15, 0.2) is 0 Å². The highest BCUT2D eigenvalue weighted by molar-refractivity contribution is 6.09. The lowest BCUT2D eigenvalue weighted by atomic mass is 10.0. The van der Waals surface area contributed by atoms with Gasteiger partial charge in [0.2, 0.25) is 0 Å². The van der Waals surface area contributed by atoms with Gasteiger partial charge in [-0.05, 0) is 63.9 Å². The molecule has 0 saturated carbocycles. The highest BCUT2D eigenvalue weighted by Gasteiger charge is 2.19. The number of esters is 1. The minimum Gasteiger partial charge on any atom is -0.459 e. The number of aliphatic imine (C=N–C) groups is 1. The highest BCUT2D eigenvalue weighted by atomic mass is 16.6. The molecule has 0 aliphatic carbocycles. The Hall–Kier alpha value is -3.94. The topological polar surface area (TPSA) is 106 Å². The van der Waals surface area contributed by atoms with Crippen LogP contribution in [0.2, 0.25) is 0 Å². The van der Waals surface area contributed by atoms with Gasteiger partial charge in [0.25, 0.3) is 0 Å². The molecule has 0 bridgehead atoms. The van der Waals surface area contributed by atoms with E-state index in [0.717, 1.165) is 53.9 Å². The number of fused-ring (bicyclic) bond motifs is 1. The number of hydrogen-bond acceptors (Lipinski definition) is 8. The smallest absolute Gasteiger partial charge is 0.325 e. The van der Waals surface area contributed by atoms with Crippen LogP contribution in [0.15, 0.2) is 65.9 Å². The van der Waals surface area contributed by atoms with Crippen LogP contribution in [0.25, 0.3) is 16.6 Å². The number of piperidine rings is 1. The number of nitrogens with two attached hydrogens (primary N) is 1. The molecule has 1 fully saturated rings. The Morgan fingerprint density at radius 3 is 2.64 bits per heavy atom. The molecule has 8 nitrogen and oxygen atoms in total. The number of benzene rings is 2. The van der Waals surface area contributed by atoms with E-state index < -0.39 is 5.60 Å². The first-order chi connectivity index (χ1) is 17.3. The van der Waals surface area contributed by atoms with Crippen molar-refractivity contribution in [3.63, 3.8) is 0 Å². The Kier molecular flexibility index (Phi) is 7.83. The lowest BCUT2D eigenvalue weighted by Gasteiger charge is -2.32. The summed E-state index contributed by atoms with van der Waals surface area (Å²) in [6.07, 6.45) is 6.97. The van der Waals surface area contributed by atoms with Gasteiger partial charge in [0, 0.05) is 42.5 Å². The van der Waals surface area contributed by atoms with Crippen LogP contribution in [0.4, 0.5) is 11.4 Å². The van der Waals surface area contributed by atoms with Gasteiger partial charge in [-0.15, -0.1) is 0 Å². The number of carbonyl (C=O) groups is 1. The van der Waals surface area contributed by atoms with E-state index in [1.54, 1.807) is 6.20 Å². The van der Waals surface area contributed by atoms with Crippen LogP contribution in [0, 0.1) is 0 Å². The zero-order chi connectivity index (χ0) is 25.5. The van der Waals surface area contributed by atoms with Crippen molar-refractivity contribution in [3.05, 3.63) is 66.6 Å². The summed E-state index contributed by atoms with van der Waals surface area (Å²) in [4.78, 5) is 28.3. The van der Waals surface area contributed by atoms with Crippen LogP contribution in [0.3, 0.4) is 0 Å². The second-order valence-corrected chi connectivity index (χ2v) is 9.85. The van der Waals surface area contributed by atoms with Crippen LogP contribution in [-0.4, -0.2) is 53.4 Å². The number of hydrogen-bond donors (Lipinski definition) is 2. The maximum Gasteiger partial charge on any atom is 0.325 e. The molecule has 0 amide bonds. The second-order valence-electron chi connectivity index (χ2n) is 9.85. The van der Waals surface area contributed by atoms with Crippen LogP contribution < -0.4 is 16.0 Å². The monoisotopic (exact) mass is 486 g/mol. The summed E-state index contributed by atoms with van der Waals surface area (Å²) >= 11 is 0. The molecule has 1 saturated heterocycles. The first-order valence-corrected chi connectivity index (χ1v) is 12.3. The van der Waals surface area contributed by atoms with Gasteiger partial charge in [-0.3, -0.25) is 14.8 Å². The van der Waals surface area contributed by atoms with Crippen LogP contribution in [0.5, 0.6) is 0 Å². The van der Waals surface area contributed by atoms with Gasteiger partial charge < -0.3 is 20.7 Å². The summed E-state index contributed by atoms with van der Waals surface area (Å²) in [5.74, 6) is -0.271. The number of rotatable bonds is 7. The van der Waals surface area contributed by atoms with Gasteiger partial charge in [-0.1, -0.05) is 18.2 Å². The van der Waals surface area contributed by atoms with E-state index in [-0.39, 0.29) is 18.6 Å². The molecule has 0 unspecified atom stereocenters. The number of nitrogens with zero attached hydrogens (tertiary/aromatic N) is 4. The number of ether oxygens (including phenoxy) is 1. The van der Waals surface area contributed by atoms with E-state index in [1.807, 2.05) is 63.4 Å². The molecule has 8 heteroatoms. The van der Waals surface area contributed by atoms with Crippen LogP contribution >= 0.6 is 0 Å². The molecule has 0 spiro atoms. The first kappa shape index (κ1) is 25.2. The minimum atomic E-state index is -0.489. The molecular formula is C28H34N6O2. The number of anilines is 2. The molecule has 4 rings (SSSR count). The Morgan fingerprint density at radius 2 is 1.92 bits per heavy atom. The lowest BCUT2D eigenvalue weighted by molar-refractivity contribution is -0.152. The number of carbonyl (C=O) groups excluding carboxylic acids is 1. The number of allylic oxidation sites excluding steroid dienone is 1. The Bertz CT molecular complexity index is 1260. The molecule has 3 aromatic rings. The van der Waals surface area contributed by atoms with Gasteiger partial charge in [0.1, 0.15) is 12.1 Å². The molecule has 1 aliphatic rings. The maximum atomic E-state index is 12.0. The van der Waals surface area contributed by atoms with Crippen molar-refractivity contribution in [1.29, 1.82) is 0 Å². The fraction of sp³-hybridized carbons (Fsp3) is 0.357. The molecule has 188 valence electrons. The van der Waals surface area contributed by atoms with Crippen molar-refractivity contribution >= 4 is 40.2 Å². The quantitative estimate of drug-likeness (QED) is 0.376. The van der Waals surface area contributed by atoms with Crippen molar-refractivity contribution in [2.24, 2.45) is 10.7 Å². The number of aromatic nitrogens is 2. The molecule has 2 heterocycles. The Morgan fingerprint density at radius 1 is 1.17 bits per heavy atom. The van der Waals surface area contributed by atoms with Crippen LogP contribution in [-0.2, 0) is 9.53 Å². The summed E-state index contributed by atoms with van der Waals surface area (Å²) in [6, 6.07) is 16.1. The van der Waals surface area contributed by atoms with Gasteiger partial charge in [-0.2, -0.15) is 0 Å². The predicted octanol–water partition coefficient (Wildman–Crippen LogP) is 4.42. The number of para-hydroxylation sites is 2. The standard InChI is InChI=1S/C28H34N6O2/c1-28(2,3)36-27(35)19-31-22-7-6-8-23(15-22)34-13-11-21(12-14-34)30-17-20(16-29)26-18-32-24-9-4-5-10-25(24)33-26/h4-10,15-18,21,31H,11-14,19,29H2,1-3H3. The Balaban J connectivity index is 1.31. The van der Waals surface area contributed by atoms with Crippen molar-refractivity contribution in [2.75, 3.05) is 29.9 Å². The van der Waals surface area contributed by atoms with E-state index in [9.17, 15) is 4.79 Å². The largest absolute Gasteiger partial charge is 0.459 e. The zero-order valence-electron chi connectivity index (χ0n) is 21.1. The summed E-state index contributed by atoms with van der Waals surface area (Å²) in [5, 5.41) is 3.17. The van der Waals surface area contributed by atoms with E-state index in [0.29, 0.717) is 5.69 Å². The lowest BCUT2D eigenvalue weighted by Crippen LogP contribution is -2.35. The Labute approximate surface area is 212 Å². The summed E-state index contributed by atoms with van der Waals surface area (Å²) in [6.45, 7) is 7.53. The fourth-order valence-electron chi connectivity index (χ4n) is 4.11. The molecule has 0 atom stereocenters. The minimum absolute atomic E-state index is 0.135. The third kappa shape index (κ3) is 6.81. The maximum absolute atomic E-state index is 12.0. The van der Waals surface area contributed by atoms with Crippen molar-refractivity contribution in [2.45, 2.75) is 45.3 Å². The average Bonchev–Trinajstić information content (AvgIpc) is 2.87. The molecule has 1 aromatic heterocycles. The SMILES string of the molecule is CC(C)(C)OC(=O)CNc1cccc(N2CCC(N=CC(=CN)c3cnc4ccccc4n3)CC2)c1. The summed E-state index contributed by atoms with van der Waals surface area (Å²) in [7, 11) is 0. The first-order valence-electron chi connectivity index (χ1n) is 12.3. The van der Waals surface area contributed by atoms with Crippen molar-refractivity contribution in [1.82, 2.24) is 9.97 Å². The van der Waals surface area contributed by atoms with E-state index in [1.165, 1.54) is 6.20 Å². The summed E-state index contributed by atoms with van der Waals surface area (Å²) in [5.41, 5.74) is 10.6. The third-order valence-corrected chi connectivity index (χ3v) is 5.88. The zero-order valence-corrected chi connectivity index (χ0v) is 21.1. The van der Waals surface area contributed by atoms with Crippen molar-refractivity contribution < 1.29 is 9.53 Å². The third-order valence-electron chi connectivity index (χ3n) is 5.88. The van der Waals surface area contributed by atoms with E-state index >= 15 is 0 Å². The van der Waals surface area contributed by atoms with E-state index in [4.69, 9.17) is 15.5 Å². The van der Waals surface area contributed by atoms with Gasteiger partial charge in [-0.25, -0.2) is 4.98 Å². The average molecular weight is 487 g/mol. The van der Waals surface area contributed by atoms with Gasteiger partial charge in [0.05, 0.1) is 29.0 Å². The molecule has 2 aromatic carbocycles. The van der Waals surface area contributed by atoms with E-state index in [2.05, 4.69) is 32.3 Å². The van der Waals surface area contributed by atoms with Crippen molar-refractivity contribution in [3.8, 4) is 0 Å². The molecular weight excluding hydrogens is 452 g/mol. The molecule has 0 radical (unpaired) electrons. The fourth-order valence-corrected chi connectivity index (χ4v) is 4.11. The normalized spacial score (nSPS) is 15.4. The molecule has 3 N–H and O–H groups in total. The molecule has 36 heavy (non-hydrogen) atoms. The number of nitrogens with one attached hydrogen (secondary N) is 1. The highest BCUT2D eigenvalue weighted by Crippen LogP contribution is 2.24. The predicted molar refractivity (Wildman–Crippen MR) is 146 cm³/mol. The van der Waals surface area contributed by atoms with Gasteiger partial charge >= 0.3 is 5.97 Å². The molecule has 1 aliphatic heterocycles.